The molecule has 1 aromatic carbocycles. The van der Waals surface area contributed by atoms with Gasteiger partial charge < -0.3 is 10.4 Å². The Morgan fingerprint density at radius 2 is 1.95 bits per heavy atom. The molecule has 2 N–H and O–H groups in total. The highest BCUT2D eigenvalue weighted by atomic mass is 19.1. The van der Waals surface area contributed by atoms with Crippen molar-refractivity contribution in [2.75, 3.05) is 11.9 Å². The number of carbonyl (C=O) groups excluding carboxylic acids is 1. The Labute approximate surface area is 124 Å². The molecule has 0 bridgehead atoms. The minimum Gasteiger partial charge on any atom is -0.384 e. The van der Waals surface area contributed by atoms with Gasteiger partial charge in [-0.15, -0.1) is 0 Å². The number of anilines is 1. The second kappa shape index (κ2) is 5.16. The Morgan fingerprint density at radius 1 is 1.33 bits per heavy atom. The molecule has 1 aromatic rings. The number of benzene rings is 1. The van der Waals surface area contributed by atoms with Crippen molar-refractivity contribution in [2.45, 2.75) is 27.7 Å². The van der Waals surface area contributed by atoms with Crippen molar-refractivity contribution in [1.29, 1.82) is 0 Å². The number of rotatable bonds is 2. The maximum absolute atomic E-state index is 13.8. The average Bonchev–Trinajstić information content (AvgIpc) is 2.78. The Morgan fingerprint density at radius 3 is 2.43 bits per heavy atom. The summed E-state index contributed by atoms with van der Waals surface area (Å²) >= 11 is 0. The van der Waals surface area contributed by atoms with Gasteiger partial charge in [0, 0.05) is 11.6 Å². The minimum absolute atomic E-state index is 0.0534. The lowest BCUT2D eigenvalue weighted by molar-refractivity contribution is -0.118. The largest absolute Gasteiger partial charge is 0.384 e. The molecule has 3 nitrogen and oxygen atoms in total. The standard InChI is InChI=1S/C17H20FNO2/c1-16(2)14(17(16,3)4)15(21)19-12-8-7-11(6-5-9-20)13(18)10-12/h7-8,10,14,20H,9H2,1-4H3,(H,19,21). The summed E-state index contributed by atoms with van der Waals surface area (Å²) in [6.45, 7) is 7.93. The van der Waals surface area contributed by atoms with Gasteiger partial charge in [0.25, 0.3) is 0 Å². The first kappa shape index (κ1) is 15.5. The van der Waals surface area contributed by atoms with Gasteiger partial charge in [-0.1, -0.05) is 39.5 Å². The molecule has 0 heterocycles. The van der Waals surface area contributed by atoms with E-state index in [0.29, 0.717) is 5.69 Å². The quantitative estimate of drug-likeness (QED) is 0.823. The topological polar surface area (TPSA) is 49.3 Å². The van der Waals surface area contributed by atoms with Gasteiger partial charge in [-0.3, -0.25) is 4.79 Å². The van der Waals surface area contributed by atoms with Crippen molar-refractivity contribution < 1.29 is 14.3 Å². The van der Waals surface area contributed by atoms with E-state index in [0.717, 1.165) is 0 Å². The highest BCUT2D eigenvalue weighted by Gasteiger charge is 2.68. The fraction of sp³-hybridized carbons (Fsp3) is 0.471. The number of nitrogens with one attached hydrogen (secondary N) is 1. The first-order valence-corrected chi connectivity index (χ1v) is 6.92. The van der Waals surface area contributed by atoms with Crippen LogP contribution in [-0.2, 0) is 4.79 Å². The van der Waals surface area contributed by atoms with Gasteiger partial charge in [-0.25, -0.2) is 4.39 Å². The van der Waals surface area contributed by atoms with Gasteiger partial charge in [0.2, 0.25) is 5.91 Å². The molecule has 0 radical (unpaired) electrons. The molecule has 0 aromatic heterocycles. The first-order valence-electron chi connectivity index (χ1n) is 6.92. The van der Waals surface area contributed by atoms with Gasteiger partial charge >= 0.3 is 0 Å². The predicted octanol–water partition coefficient (Wildman–Crippen LogP) is 2.79. The molecule has 1 aliphatic rings. The number of hydrogen-bond acceptors (Lipinski definition) is 2. The van der Waals surface area contributed by atoms with Crippen LogP contribution < -0.4 is 5.32 Å². The van der Waals surface area contributed by atoms with E-state index in [9.17, 15) is 9.18 Å². The molecule has 1 saturated carbocycles. The summed E-state index contributed by atoms with van der Waals surface area (Å²) in [6.07, 6.45) is 0. The molecule has 1 fully saturated rings. The van der Waals surface area contributed by atoms with Crippen molar-refractivity contribution in [3.05, 3.63) is 29.6 Å². The van der Waals surface area contributed by atoms with E-state index in [-0.39, 0.29) is 34.8 Å². The predicted molar refractivity (Wildman–Crippen MR) is 80.0 cm³/mol. The first-order chi connectivity index (χ1) is 9.71. The SMILES string of the molecule is CC1(C)C(C(=O)Nc2ccc(C#CCO)c(F)c2)C1(C)C. The van der Waals surface area contributed by atoms with E-state index in [4.69, 9.17) is 5.11 Å². The minimum atomic E-state index is -0.511. The van der Waals surface area contributed by atoms with Crippen LogP contribution in [0.25, 0.3) is 0 Å². The van der Waals surface area contributed by atoms with Crippen LogP contribution in [0.4, 0.5) is 10.1 Å². The summed E-state index contributed by atoms with van der Waals surface area (Å²) in [5.74, 6) is 4.23. The molecule has 4 heteroatoms. The van der Waals surface area contributed by atoms with Crippen LogP contribution in [0.5, 0.6) is 0 Å². The van der Waals surface area contributed by atoms with Crippen molar-refractivity contribution >= 4 is 11.6 Å². The molecular weight excluding hydrogens is 269 g/mol. The molecule has 0 saturated heterocycles. The molecule has 21 heavy (non-hydrogen) atoms. The molecule has 0 spiro atoms. The molecule has 0 unspecified atom stereocenters. The van der Waals surface area contributed by atoms with Crippen LogP contribution in [0.3, 0.4) is 0 Å². The zero-order valence-corrected chi connectivity index (χ0v) is 12.7. The third-order valence-electron chi connectivity index (χ3n) is 4.82. The van der Waals surface area contributed by atoms with Crippen molar-refractivity contribution in [3.8, 4) is 11.8 Å². The number of aliphatic hydroxyl groups excluding tert-OH is 1. The average molecular weight is 289 g/mol. The zero-order valence-electron chi connectivity index (χ0n) is 12.7. The van der Waals surface area contributed by atoms with Gasteiger partial charge in [-0.05, 0) is 29.0 Å². The third kappa shape index (κ3) is 2.66. The fourth-order valence-corrected chi connectivity index (χ4v) is 2.90. The summed E-state index contributed by atoms with van der Waals surface area (Å²) in [6, 6.07) is 4.36. The normalized spacial score (nSPS) is 18.6. The van der Waals surface area contributed by atoms with Crippen molar-refractivity contribution in [3.63, 3.8) is 0 Å². The summed E-state index contributed by atoms with van der Waals surface area (Å²) in [7, 11) is 0. The second-order valence-electron chi connectivity index (χ2n) is 6.52. The Kier molecular flexibility index (Phi) is 3.81. The second-order valence-corrected chi connectivity index (χ2v) is 6.52. The Balaban J connectivity index is 2.12. The van der Waals surface area contributed by atoms with E-state index < -0.39 is 5.82 Å². The van der Waals surface area contributed by atoms with E-state index in [1.54, 1.807) is 6.07 Å². The maximum Gasteiger partial charge on any atom is 0.228 e. The molecule has 2 rings (SSSR count). The smallest absolute Gasteiger partial charge is 0.228 e. The van der Waals surface area contributed by atoms with Crippen LogP contribution in [0, 0.1) is 34.4 Å². The van der Waals surface area contributed by atoms with Crippen molar-refractivity contribution in [2.24, 2.45) is 16.7 Å². The van der Waals surface area contributed by atoms with Crippen LogP contribution >= 0.6 is 0 Å². The summed E-state index contributed by atoms with van der Waals surface area (Å²) in [5.41, 5.74) is 0.518. The van der Waals surface area contributed by atoms with Gasteiger partial charge in [0.05, 0.1) is 5.56 Å². The fourth-order valence-electron chi connectivity index (χ4n) is 2.90. The Hall–Kier alpha value is -1.86. The molecule has 112 valence electrons. The number of amides is 1. The highest BCUT2D eigenvalue weighted by molar-refractivity contribution is 5.96. The summed E-state index contributed by atoms with van der Waals surface area (Å²) < 4.78 is 13.8. The molecule has 1 aliphatic carbocycles. The maximum atomic E-state index is 13.8. The molecule has 1 amide bonds. The summed E-state index contributed by atoms with van der Waals surface area (Å²) in [4.78, 5) is 12.3. The number of carbonyl (C=O) groups is 1. The van der Waals surface area contributed by atoms with Gasteiger partial charge in [-0.2, -0.15) is 0 Å². The lowest BCUT2D eigenvalue weighted by atomic mass is 10.0. The van der Waals surface area contributed by atoms with Crippen LogP contribution in [0.2, 0.25) is 0 Å². The highest BCUT2D eigenvalue weighted by Crippen LogP contribution is 2.68. The zero-order chi connectivity index (χ0) is 15.8. The summed E-state index contributed by atoms with van der Waals surface area (Å²) in [5, 5.41) is 11.4. The number of aliphatic hydroxyl groups is 1. The number of hydrogen-bond donors (Lipinski definition) is 2. The monoisotopic (exact) mass is 289 g/mol. The lowest BCUT2D eigenvalue weighted by Crippen LogP contribution is -2.17. The van der Waals surface area contributed by atoms with Gasteiger partial charge in [0.15, 0.2) is 0 Å². The van der Waals surface area contributed by atoms with E-state index in [1.807, 2.05) is 0 Å². The molecule has 0 atom stereocenters. The van der Waals surface area contributed by atoms with E-state index in [2.05, 4.69) is 44.9 Å². The van der Waals surface area contributed by atoms with Crippen LogP contribution in [0.15, 0.2) is 18.2 Å². The third-order valence-corrected chi connectivity index (χ3v) is 4.82. The van der Waals surface area contributed by atoms with Crippen LogP contribution in [-0.4, -0.2) is 17.6 Å². The van der Waals surface area contributed by atoms with Gasteiger partial charge in [0.1, 0.15) is 12.4 Å². The van der Waals surface area contributed by atoms with Crippen molar-refractivity contribution in [1.82, 2.24) is 0 Å². The van der Waals surface area contributed by atoms with E-state index in [1.165, 1.54) is 12.1 Å². The molecule has 0 aliphatic heterocycles. The number of halogens is 1. The lowest BCUT2D eigenvalue weighted by Gasteiger charge is -2.07. The molecular formula is C17H20FNO2. The van der Waals surface area contributed by atoms with E-state index >= 15 is 0 Å². The Bertz CT molecular complexity index is 624. The van der Waals surface area contributed by atoms with Crippen LogP contribution in [0.1, 0.15) is 33.3 Å².